The van der Waals surface area contributed by atoms with E-state index in [0.29, 0.717) is 6.54 Å². The molecule has 0 unspecified atom stereocenters. The summed E-state index contributed by atoms with van der Waals surface area (Å²) in [7, 11) is 1.65. The molecule has 0 fully saturated rings. The van der Waals surface area contributed by atoms with Crippen LogP contribution in [0, 0.1) is 0 Å². The van der Waals surface area contributed by atoms with Crippen molar-refractivity contribution in [1.29, 1.82) is 0 Å². The van der Waals surface area contributed by atoms with E-state index in [9.17, 15) is 4.79 Å². The number of methoxy groups -OCH3 is 1. The van der Waals surface area contributed by atoms with Crippen LogP contribution in [0.1, 0.15) is 33.8 Å². The van der Waals surface area contributed by atoms with Gasteiger partial charge in [0.1, 0.15) is 5.75 Å². The second-order valence-electron chi connectivity index (χ2n) is 6.16. The van der Waals surface area contributed by atoms with Crippen molar-refractivity contribution in [2.24, 2.45) is 10.2 Å². The van der Waals surface area contributed by atoms with Gasteiger partial charge in [-0.15, -0.1) is 0 Å². The maximum atomic E-state index is 13.2. The second kappa shape index (κ2) is 5.30. The van der Waals surface area contributed by atoms with Crippen molar-refractivity contribution in [2.75, 3.05) is 13.7 Å². The highest BCUT2D eigenvalue weighted by atomic mass is 16.5. The van der Waals surface area contributed by atoms with Crippen molar-refractivity contribution in [3.05, 3.63) is 65.2 Å². The molecule has 4 heteroatoms. The van der Waals surface area contributed by atoms with Gasteiger partial charge in [0.05, 0.1) is 13.7 Å². The first-order valence-electron chi connectivity index (χ1n) is 7.90. The molecule has 2 aliphatic rings. The number of carbonyl (C=O) groups excluding carboxylic acids is 1. The molecule has 4 nitrogen and oxygen atoms in total. The fraction of sp³-hybridized carbons (Fsp3) is 0.316. The van der Waals surface area contributed by atoms with E-state index in [-0.39, 0.29) is 11.7 Å². The molecule has 1 spiro atoms. The lowest BCUT2D eigenvalue weighted by atomic mass is 9.68. The average molecular weight is 306 g/mol. The quantitative estimate of drug-likeness (QED) is 0.847. The highest BCUT2D eigenvalue weighted by molar-refractivity contribution is 6.06. The zero-order chi connectivity index (χ0) is 15.9. The summed E-state index contributed by atoms with van der Waals surface area (Å²) in [6.45, 7) is 0.570. The number of aryl methyl sites for hydroxylation is 1. The highest BCUT2D eigenvalue weighted by Crippen LogP contribution is 2.45. The van der Waals surface area contributed by atoms with Crippen molar-refractivity contribution < 1.29 is 9.53 Å². The maximum absolute atomic E-state index is 13.2. The lowest BCUT2D eigenvalue weighted by Crippen LogP contribution is -2.44. The highest BCUT2D eigenvalue weighted by Gasteiger charge is 2.52. The number of hydrogen-bond acceptors (Lipinski definition) is 4. The SMILES string of the molecule is COc1ccc([C@H]2CN=N[C@]23CCc2ccccc2C3=O)cc1. The van der Waals surface area contributed by atoms with Crippen LogP contribution in [-0.2, 0) is 6.42 Å². The predicted molar refractivity (Wildman–Crippen MR) is 87.3 cm³/mol. The van der Waals surface area contributed by atoms with E-state index in [4.69, 9.17) is 4.74 Å². The fourth-order valence-corrected chi connectivity index (χ4v) is 3.75. The molecule has 116 valence electrons. The van der Waals surface area contributed by atoms with Crippen molar-refractivity contribution in [1.82, 2.24) is 0 Å². The van der Waals surface area contributed by atoms with Crippen LogP contribution in [0.4, 0.5) is 0 Å². The van der Waals surface area contributed by atoms with Crippen LogP contribution in [0.15, 0.2) is 58.8 Å². The van der Waals surface area contributed by atoms with E-state index in [1.54, 1.807) is 7.11 Å². The Labute approximate surface area is 135 Å². The van der Waals surface area contributed by atoms with Crippen molar-refractivity contribution in [3.63, 3.8) is 0 Å². The molecule has 1 aliphatic carbocycles. The molecule has 23 heavy (non-hydrogen) atoms. The minimum atomic E-state index is -0.733. The molecule has 4 rings (SSSR count). The number of hydrogen-bond donors (Lipinski definition) is 0. The Morgan fingerprint density at radius 2 is 1.91 bits per heavy atom. The van der Waals surface area contributed by atoms with E-state index >= 15 is 0 Å². The molecule has 0 saturated carbocycles. The summed E-state index contributed by atoms with van der Waals surface area (Å²) < 4.78 is 5.22. The number of ether oxygens (including phenoxy) is 1. The van der Waals surface area contributed by atoms with Crippen LogP contribution >= 0.6 is 0 Å². The molecule has 0 radical (unpaired) electrons. The molecule has 0 N–H and O–H groups in total. The van der Waals surface area contributed by atoms with Crippen LogP contribution in [0.3, 0.4) is 0 Å². The summed E-state index contributed by atoms with van der Waals surface area (Å²) in [5.74, 6) is 0.936. The van der Waals surface area contributed by atoms with Gasteiger partial charge < -0.3 is 4.74 Å². The zero-order valence-corrected chi connectivity index (χ0v) is 13.0. The largest absolute Gasteiger partial charge is 0.497 e. The van der Waals surface area contributed by atoms with Crippen molar-refractivity contribution >= 4 is 5.78 Å². The normalized spacial score (nSPS) is 25.6. The lowest BCUT2D eigenvalue weighted by molar-refractivity contribution is 0.0853. The first-order chi connectivity index (χ1) is 11.2. The Morgan fingerprint density at radius 1 is 1.13 bits per heavy atom. The fourth-order valence-electron chi connectivity index (χ4n) is 3.75. The second-order valence-corrected chi connectivity index (χ2v) is 6.16. The minimum Gasteiger partial charge on any atom is -0.497 e. The standard InChI is InChI=1S/C19H18N2O2/c1-23-15-8-6-14(7-9-15)17-12-20-21-19(17)11-10-13-4-2-3-5-16(13)18(19)22/h2-9,17H,10-12H2,1H3/t17-,19-/m1/s1. The Morgan fingerprint density at radius 3 is 2.70 bits per heavy atom. The van der Waals surface area contributed by atoms with Crippen LogP contribution in [0.25, 0.3) is 0 Å². The summed E-state index contributed by atoms with van der Waals surface area (Å²) in [5.41, 5.74) is 2.29. The van der Waals surface area contributed by atoms with Crippen LogP contribution < -0.4 is 4.74 Å². The number of Topliss-reactive ketones (excluding diaryl/α,β-unsaturated/α-hetero) is 1. The van der Waals surface area contributed by atoms with E-state index in [1.807, 2.05) is 48.5 Å². The molecule has 0 bridgehead atoms. The molecule has 2 aromatic rings. The van der Waals surface area contributed by atoms with Gasteiger partial charge in [-0.2, -0.15) is 10.2 Å². The predicted octanol–water partition coefficient (Wildman–Crippen LogP) is 3.81. The van der Waals surface area contributed by atoms with Gasteiger partial charge in [0, 0.05) is 11.5 Å². The van der Waals surface area contributed by atoms with Crippen molar-refractivity contribution in [3.8, 4) is 5.75 Å². The molecule has 0 saturated heterocycles. The summed E-state index contributed by atoms with van der Waals surface area (Å²) >= 11 is 0. The van der Waals surface area contributed by atoms with Crippen LogP contribution in [0.2, 0.25) is 0 Å². The third kappa shape index (κ3) is 2.09. The number of azo groups is 1. The maximum Gasteiger partial charge on any atom is 0.193 e. The van der Waals surface area contributed by atoms with Crippen molar-refractivity contribution in [2.45, 2.75) is 24.3 Å². The van der Waals surface area contributed by atoms with Gasteiger partial charge in [-0.1, -0.05) is 36.4 Å². The van der Waals surface area contributed by atoms with Gasteiger partial charge in [-0.25, -0.2) is 0 Å². The topological polar surface area (TPSA) is 51.0 Å². The Balaban J connectivity index is 1.74. The number of ketones is 1. The van der Waals surface area contributed by atoms with E-state index < -0.39 is 5.54 Å². The lowest BCUT2D eigenvalue weighted by Gasteiger charge is -2.34. The molecule has 0 aromatic heterocycles. The minimum absolute atomic E-state index is 0.00858. The Kier molecular flexibility index (Phi) is 3.26. The average Bonchev–Trinajstić information content (AvgIpc) is 3.03. The van der Waals surface area contributed by atoms with Gasteiger partial charge in [-0.3, -0.25) is 4.79 Å². The van der Waals surface area contributed by atoms with E-state index in [1.165, 1.54) is 0 Å². The molecule has 1 aliphatic heterocycles. The summed E-state index contributed by atoms with van der Waals surface area (Å²) in [6, 6.07) is 15.8. The van der Waals surface area contributed by atoms with Gasteiger partial charge in [0.2, 0.25) is 0 Å². The first-order valence-corrected chi connectivity index (χ1v) is 7.90. The van der Waals surface area contributed by atoms with E-state index in [2.05, 4.69) is 10.2 Å². The number of carbonyl (C=O) groups is 1. The van der Waals surface area contributed by atoms with Gasteiger partial charge in [0.25, 0.3) is 0 Å². The third-order valence-electron chi connectivity index (χ3n) is 5.04. The molecule has 2 atom stereocenters. The van der Waals surface area contributed by atoms with E-state index in [0.717, 1.165) is 35.3 Å². The molecule has 2 aromatic carbocycles. The summed E-state index contributed by atoms with van der Waals surface area (Å²) in [6.07, 6.45) is 1.59. The smallest absolute Gasteiger partial charge is 0.193 e. The summed E-state index contributed by atoms with van der Waals surface area (Å²) in [5, 5.41) is 8.71. The number of rotatable bonds is 2. The molecule has 1 heterocycles. The Hall–Kier alpha value is -2.49. The van der Waals surface area contributed by atoms with Crippen LogP contribution in [-0.4, -0.2) is 25.0 Å². The number of fused-ring (bicyclic) bond motifs is 1. The number of nitrogens with zero attached hydrogens (tertiary/aromatic N) is 2. The van der Waals surface area contributed by atoms with Crippen LogP contribution in [0.5, 0.6) is 5.75 Å². The first kappa shape index (κ1) is 14.1. The molecular weight excluding hydrogens is 288 g/mol. The molecule has 0 amide bonds. The molecular formula is C19H18N2O2. The zero-order valence-electron chi connectivity index (χ0n) is 13.0. The summed E-state index contributed by atoms with van der Waals surface area (Å²) in [4.78, 5) is 13.2. The van der Waals surface area contributed by atoms with Gasteiger partial charge in [0.15, 0.2) is 11.3 Å². The Bertz CT molecular complexity index is 782. The van der Waals surface area contributed by atoms with Gasteiger partial charge in [-0.05, 0) is 36.1 Å². The number of benzene rings is 2. The van der Waals surface area contributed by atoms with Gasteiger partial charge >= 0.3 is 0 Å². The third-order valence-corrected chi connectivity index (χ3v) is 5.04. The monoisotopic (exact) mass is 306 g/mol.